The Labute approximate surface area is 111 Å². The summed E-state index contributed by atoms with van der Waals surface area (Å²) in [6.45, 7) is 2.42. The Morgan fingerprint density at radius 2 is 2.11 bits per heavy atom. The fraction of sp³-hybridized carbons (Fsp3) is 0.385. The molecule has 2 rings (SSSR count). The first-order valence-electron chi connectivity index (χ1n) is 5.98. The summed E-state index contributed by atoms with van der Waals surface area (Å²) in [6.07, 6.45) is 4.71. The van der Waals surface area contributed by atoms with E-state index in [1.165, 1.54) is 5.56 Å². The van der Waals surface area contributed by atoms with Gasteiger partial charge in [0.1, 0.15) is 5.01 Å². The minimum Gasteiger partial charge on any atom is -0.325 e. The van der Waals surface area contributed by atoms with Crippen molar-refractivity contribution in [2.24, 2.45) is 5.73 Å². The topological polar surface area (TPSA) is 55.0 Å². The zero-order valence-corrected chi connectivity index (χ0v) is 11.4. The van der Waals surface area contributed by atoms with Crippen molar-refractivity contribution in [1.82, 2.24) is 14.9 Å². The van der Waals surface area contributed by atoms with E-state index in [-0.39, 0.29) is 0 Å². The maximum Gasteiger partial charge on any atom is 0.106 e. The lowest BCUT2D eigenvalue weighted by Crippen LogP contribution is -2.21. The summed E-state index contributed by atoms with van der Waals surface area (Å²) in [5.41, 5.74) is 7.98. The number of pyridine rings is 1. The van der Waals surface area contributed by atoms with Crippen molar-refractivity contribution >= 4 is 11.3 Å². The van der Waals surface area contributed by atoms with Crippen molar-refractivity contribution in [3.63, 3.8) is 0 Å². The Hall–Kier alpha value is -1.30. The molecule has 2 N–H and O–H groups in total. The van der Waals surface area contributed by atoms with Gasteiger partial charge in [-0.15, -0.1) is 11.3 Å². The number of aromatic nitrogens is 2. The van der Waals surface area contributed by atoms with Gasteiger partial charge in [0.15, 0.2) is 0 Å². The van der Waals surface area contributed by atoms with E-state index in [0.717, 1.165) is 30.2 Å². The van der Waals surface area contributed by atoms with Crippen molar-refractivity contribution in [1.29, 1.82) is 0 Å². The quantitative estimate of drug-likeness (QED) is 0.860. The fourth-order valence-corrected chi connectivity index (χ4v) is 2.41. The van der Waals surface area contributed by atoms with Crippen LogP contribution in [-0.4, -0.2) is 28.5 Å². The van der Waals surface area contributed by atoms with Crippen molar-refractivity contribution in [3.8, 4) is 0 Å². The number of likely N-dealkylation sites (N-methyl/N-ethyl adjacent to an activating group) is 1. The second-order valence-corrected chi connectivity index (χ2v) is 5.22. The number of thiazole rings is 1. The van der Waals surface area contributed by atoms with Crippen LogP contribution in [0.3, 0.4) is 0 Å². The highest BCUT2D eigenvalue weighted by atomic mass is 32.1. The molecule has 0 radical (unpaired) electrons. The second-order valence-electron chi connectivity index (χ2n) is 4.28. The Balaban J connectivity index is 1.80. The first-order valence-corrected chi connectivity index (χ1v) is 6.86. The summed E-state index contributed by atoms with van der Waals surface area (Å²) in [7, 11) is 2.11. The van der Waals surface area contributed by atoms with E-state index in [4.69, 9.17) is 5.73 Å². The van der Waals surface area contributed by atoms with Gasteiger partial charge in [0.25, 0.3) is 0 Å². The highest BCUT2D eigenvalue weighted by Crippen LogP contribution is 2.10. The Morgan fingerprint density at radius 3 is 2.78 bits per heavy atom. The molecular weight excluding hydrogens is 244 g/mol. The van der Waals surface area contributed by atoms with Gasteiger partial charge in [-0.1, -0.05) is 0 Å². The molecule has 0 amide bonds. The van der Waals surface area contributed by atoms with Crippen LogP contribution < -0.4 is 5.73 Å². The molecule has 0 bridgehead atoms. The van der Waals surface area contributed by atoms with Gasteiger partial charge in [-0.3, -0.25) is 4.98 Å². The maximum absolute atomic E-state index is 5.56. The Bertz CT molecular complexity index is 469. The largest absolute Gasteiger partial charge is 0.325 e. The molecule has 2 aromatic rings. The molecule has 0 aliphatic carbocycles. The average Bonchev–Trinajstić information content (AvgIpc) is 2.85. The normalized spacial score (nSPS) is 11.1. The van der Waals surface area contributed by atoms with Crippen LogP contribution in [0.1, 0.15) is 16.3 Å². The van der Waals surface area contributed by atoms with Crippen LogP contribution in [0, 0.1) is 0 Å². The molecule has 0 saturated heterocycles. The van der Waals surface area contributed by atoms with Crippen LogP contribution in [0.5, 0.6) is 0 Å². The van der Waals surface area contributed by atoms with E-state index in [9.17, 15) is 0 Å². The first kappa shape index (κ1) is 13.1. The molecule has 4 nitrogen and oxygen atoms in total. The molecule has 0 fully saturated rings. The molecule has 0 atom stereocenters. The van der Waals surface area contributed by atoms with E-state index in [2.05, 4.69) is 39.4 Å². The number of rotatable bonds is 6. The third-order valence-electron chi connectivity index (χ3n) is 2.74. The van der Waals surface area contributed by atoms with Crippen LogP contribution in [0.2, 0.25) is 0 Å². The fourth-order valence-electron chi connectivity index (χ4n) is 1.74. The number of hydrogen-bond donors (Lipinski definition) is 1. The van der Waals surface area contributed by atoms with E-state index < -0.39 is 0 Å². The summed E-state index contributed by atoms with van der Waals surface area (Å²) >= 11 is 1.63. The molecule has 0 spiro atoms. The van der Waals surface area contributed by atoms with Crippen LogP contribution in [0.15, 0.2) is 29.9 Å². The molecule has 96 valence electrons. The third kappa shape index (κ3) is 3.87. The highest BCUT2D eigenvalue weighted by Gasteiger charge is 2.04. The summed E-state index contributed by atoms with van der Waals surface area (Å²) < 4.78 is 0. The number of nitrogens with zero attached hydrogens (tertiary/aromatic N) is 3. The van der Waals surface area contributed by atoms with E-state index in [1.807, 2.05) is 12.4 Å². The summed E-state index contributed by atoms with van der Waals surface area (Å²) in [6, 6.07) is 4.12. The summed E-state index contributed by atoms with van der Waals surface area (Å²) in [5, 5.41) is 3.10. The third-order valence-corrected chi connectivity index (χ3v) is 3.66. The highest BCUT2D eigenvalue weighted by molar-refractivity contribution is 7.09. The lowest BCUT2D eigenvalue weighted by Gasteiger charge is -2.14. The molecule has 2 heterocycles. The predicted octanol–water partition coefficient (Wildman–Crippen LogP) is 1.67. The maximum atomic E-state index is 5.56. The Morgan fingerprint density at radius 1 is 1.33 bits per heavy atom. The Kier molecular flexibility index (Phi) is 4.81. The smallest absolute Gasteiger partial charge is 0.106 e. The summed E-state index contributed by atoms with van der Waals surface area (Å²) in [5.74, 6) is 0. The first-order chi connectivity index (χ1) is 8.78. The molecular formula is C13H18N4S. The van der Waals surface area contributed by atoms with Crippen molar-refractivity contribution in [3.05, 3.63) is 46.2 Å². The van der Waals surface area contributed by atoms with Crippen molar-refractivity contribution in [2.45, 2.75) is 19.5 Å². The van der Waals surface area contributed by atoms with Gasteiger partial charge in [0, 0.05) is 37.4 Å². The monoisotopic (exact) mass is 262 g/mol. The zero-order valence-electron chi connectivity index (χ0n) is 10.5. The molecule has 18 heavy (non-hydrogen) atoms. The molecule has 2 aromatic heterocycles. The molecule has 0 aliphatic heterocycles. The van der Waals surface area contributed by atoms with Gasteiger partial charge in [-0.2, -0.15) is 0 Å². The van der Waals surface area contributed by atoms with Crippen molar-refractivity contribution < 1.29 is 0 Å². The number of nitrogens with two attached hydrogens (primary N) is 1. The average molecular weight is 262 g/mol. The van der Waals surface area contributed by atoms with Crippen LogP contribution in [0.25, 0.3) is 0 Å². The van der Waals surface area contributed by atoms with Gasteiger partial charge < -0.3 is 10.6 Å². The standard InChI is InChI=1S/C13H18N4S/c1-17(7-4-11-2-5-15-6-3-11)9-12-10-18-13(8-14)16-12/h2-3,5-6,10H,4,7-9,14H2,1H3. The van der Waals surface area contributed by atoms with Gasteiger partial charge in [0.2, 0.25) is 0 Å². The van der Waals surface area contributed by atoms with Gasteiger partial charge in [-0.05, 0) is 31.2 Å². The molecule has 0 unspecified atom stereocenters. The zero-order chi connectivity index (χ0) is 12.8. The van der Waals surface area contributed by atoms with Gasteiger partial charge >= 0.3 is 0 Å². The minimum absolute atomic E-state index is 0.533. The van der Waals surface area contributed by atoms with E-state index >= 15 is 0 Å². The van der Waals surface area contributed by atoms with Crippen LogP contribution in [0.4, 0.5) is 0 Å². The minimum atomic E-state index is 0.533. The summed E-state index contributed by atoms with van der Waals surface area (Å²) in [4.78, 5) is 10.8. The van der Waals surface area contributed by atoms with E-state index in [0.29, 0.717) is 6.54 Å². The molecule has 5 heteroatoms. The molecule has 0 aliphatic rings. The second kappa shape index (κ2) is 6.58. The SMILES string of the molecule is CN(CCc1ccncc1)Cc1csc(CN)n1. The number of hydrogen-bond acceptors (Lipinski definition) is 5. The van der Waals surface area contributed by atoms with Crippen LogP contribution in [-0.2, 0) is 19.5 Å². The van der Waals surface area contributed by atoms with Gasteiger partial charge in [0.05, 0.1) is 5.69 Å². The molecule has 0 aromatic carbocycles. The molecule has 0 saturated carbocycles. The predicted molar refractivity (Wildman–Crippen MR) is 74.3 cm³/mol. The van der Waals surface area contributed by atoms with Gasteiger partial charge in [-0.25, -0.2) is 4.98 Å². The lowest BCUT2D eigenvalue weighted by molar-refractivity contribution is 0.327. The van der Waals surface area contributed by atoms with Crippen LogP contribution >= 0.6 is 11.3 Å². The van der Waals surface area contributed by atoms with E-state index in [1.54, 1.807) is 11.3 Å². The van der Waals surface area contributed by atoms with Crippen molar-refractivity contribution in [2.75, 3.05) is 13.6 Å². The lowest BCUT2D eigenvalue weighted by atomic mass is 10.2.